The van der Waals surface area contributed by atoms with Crippen LogP contribution in [0.1, 0.15) is 23.3 Å². The van der Waals surface area contributed by atoms with E-state index in [4.69, 9.17) is 21.7 Å². The van der Waals surface area contributed by atoms with Gasteiger partial charge in [0.1, 0.15) is 12.0 Å². The van der Waals surface area contributed by atoms with Crippen molar-refractivity contribution in [2.45, 2.75) is 12.2 Å². The summed E-state index contributed by atoms with van der Waals surface area (Å²) >= 11 is 5.72. The summed E-state index contributed by atoms with van der Waals surface area (Å²) < 4.78 is 10.6. The lowest BCUT2D eigenvalue weighted by molar-refractivity contribution is -0.133. The minimum absolute atomic E-state index is 0.0454. The maximum Gasteiger partial charge on any atom is 0.257 e. The van der Waals surface area contributed by atoms with Crippen LogP contribution in [-0.2, 0) is 14.3 Å². The fraction of sp³-hybridized carbons (Fsp3) is 0.333. The first-order valence-electron chi connectivity index (χ1n) is 10.6. The summed E-state index contributed by atoms with van der Waals surface area (Å²) in [5.74, 6) is 0.683. The zero-order valence-electron chi connectivity index (χ0n) is 18.3. The largest absolute Gasteiger partial charge is 0.383 e. The fourth-order valence-electron chi connectivity index (χ4n) is 4.13. The number of benzene rings is 2. The van der Waals surface area contributed by atoms with Gasteiger partial charge in [-0.2, -0.15) is 0 Å². The van der Waals surface area contributed by atoms with E-state index in [2.05, 4.69) is 10.6 Å². The molecule has 0 saturated heterocycles. The molecule has 8 heteroatoms. The number of rotatable bonds is 8. The summed E-state index contributed by atoms with van der Waals surface area (Å²) in [5.41, 5.74) is 2.62. The average molecular weight is 453 g/mol. The van der Waals surface area contributed by atoms with Gasteiger partial charge in [-0.15, -0.1) is 0 Å². The Morgan fingerprint density at radius 3 is 2.09 bits per heavy atom. The highest BCUT2D eigenvalue weighted by molar-refractivity contribution is 7.80. The monoisotopic (exact) mass is 452 g/mol. The van der Waals surface area contributed by atoms with Crippen molar-refractivity contribution < 1.29 is 14.3 Å². The van der Waals surface area contributed by atoms with Crippen molar-refractivity contribution in [1.29, 1.82) is 0 Å². The SMILES string of the molecule is COCCN1C(=S)NC(c2ccccc2)C2=C1NC(c1ccccc1)N(CCOC)C2=O. The van der Waals surface area contributed by atoms with Crippen LogP contribution < -0.4 is 10.6 Å². The second-order valence-electron chi connectivity index (χ2n) is 7.65. The van der Waals surface area contributed by atoms with Gasteiger partial charge in [0, 0.05) is 20.8 Å². The third kappa shape index (κ3) is 4.34. The molecule has 2 atom stereocenters. The molecule has 0 aliphatic carbocycles. The Hall–Kier alpha value is -2.94. The molecule has 1 amide bonds. The van der Waals surface area contributed by atoms with Crippen LogP contribution >= 0.6 is 12.2 Å². The van der Waals surface area contributed by atoms with Gasteiger partial charge in [-0.3, -0.25) is 4.79 Å². The van der Waals surface area contributed by atoms with Crippen molar-refractivity contribution in [1.82, 2.24) is 20.4 Å². The Bertz CT molecular complexity index is 983. The number of thiocarbonyl (C=S) groups is 1. The van der Waals surface area contributed by atoms with E-state index in [9.17, 15) is 4.79 Å². The van der Waals surface area contributed by atoms with Gasteiger partial charge >= 0.3 is 0 Å². The zero-order valence-corrected chi connectivity index (χ0v) is 19.1. The topological polar surface area (TPSA) is 66.1 Å². The number of methoxy groups -OCH3 is 2. The van der Waals surface area contributed by atoms with Crippen LogP contribution in [0.15, 0.2) is 72.1 Å². The number of nitrogens with zero attached hydrogens (tertiary/aromatic N) is 2. The lowest BCUT2D eigenvalue weighted by Crippen LogP contribution is -2.59. The van der Waals surface area contributed by atoms with Gasteiger partial charge in [0.25, 0.3) is 5.91 Å². The summed E-state index contributed by atoms with van der Waals surface area (Å²) in [5, 5.41) is 7.56. The first kappa shape index (κ1) is 22.3. The average Bonchev–Trinajstić information content (AvgIpc) is 2.83. The molecule has 2 N–H and O–H groups in total. The molecule has 0 saturated carbocycles. The third-order valence-electron chi connectivity index (χ3n) is 5.71. The highest BCUT2D eigenvalue weighted by Gasteiger charge is 2.43. The predicted octanol–water partition coefficient (Wildman–Crippen LogP) is 2.55. The van der Waals surface area contributed by atoms with E-state index < -0.39 is 0 Å². The van der Waals surface area contributed by atoms with Crippen LogP contribution in [-0.4, -0.2) is 61.3 Å². The molecule has 32 heavy (non-hydrogen) atoms. The summed E-state index contributed by atoms with van der Waals surface area (Å²) in [4.78, 5) is 17.7. The molecular formula is C24H28N4O3S. The van der Waals surface area contributed by atoms with E-state index in [-0.39, 0.29) is 18.1 Å². The maximum absolute atomic E-state index is 14.0. The van der Waals surface area contributed by atoms with Gasteiger partial charge in [-0.25, -0.2) is 0 Å². The van der Waals surface area contributed by atoms with Gasteiger partial charge in [0.05, 0.1) is 31.4 Å². The predicted molar refractivity (Wildman–Crippen MR) is 126 cm³/mol. The van der Waals surface area contributed by atoms with Crippen molar-refractivity contribution >= 4 is 23.2 Å². The molecule has 0 fully saturated rings. The minimum atomic E-state index is -0.348. The van der Waals surface area contributed by atoms with Crippen LogP contribution in [0.3, 0.4) is 0 Å². The number of carbonyl (C=O) groups is 1. The smallest absolute Gasteiger partial charge is 0.257 e. The summed E-state index contributed by atoms with van der Waals surface area (Å²) in [6.07, 6.45) is -0.333. The zero-order chi connectivity index (χ0) is 22.5. The van der Waals surface area contributed by atoms with Gasteiger partial charge in [-0.1, -0.05) is 60.7 Å². The molecule has 2 aliphatic heterocycles. The number of carbonyl (C=O) groups excluding carboxylic acids is 1. The molecule has 0 spiro atoms. The number of nitrogens with one attached hydrogen (secondary N) is 2. The molecule has 4 rings (SSSR count). The lowest BCUT2D eigenvalue weighted by Gasteiger charge is -2.47. The van der Waals surface area contributed by atoms with Crippen LogP contribution in [0, 0.1) is 0 Å². The van der Waals surface area contributed by atoms with Crippen molar-refractivity contribution in [2.75, 3.05) is 40.5 Å². The molecule has 0 bridgehead atoms. The molecule has 2 heterocycles. The van der Waals surface area contributed by atoms with Crippen LogP contribution in [0.5, 0.6) is 0 Å². The van der Waals surface area contributed by atoms with E-state index in [1.165, 1.54) is 0 Å². The van der Waals surface area contributed by atoms with Crippen LogP contribution in [0.2, 0.25) is 0 Å². The summed E-state index contributed by atoms with van der Waals surface area (Å²) in [7, 11) is 3.30. The molecule has 2 aliphatic rings. The van der Waals surface area contributed by atoms with E-state index in [1.54, 1.807) is 14.2 Å². The van der Waals surface area contributed by atoms with Crippen molar-refractivity contribution in [2.24, 2.45) is 0 Å². The van der Waals surface area contributed by atoms with Crippen molar-refractivity contribution in [3.05, 3.63) is 83.2 Å². The fourth-order valence-corrected chi connectivity index (χ4v) is 4.43. The van der Waals surface area contributed by atoms with Crippen molar-refractivity contribution in [3.8, 4) is 0 Å². The number of amides is 1. The molecular weight excluding hydrogens is 424 g/mol. The van der Waals surface area contributed by atoms with E-state index in [0.29, 0.717) is 37.0 Å². The molecule has 7 nitrogen and oxygen atoms in total. The molecule has 2 aromatic carbocycles. The highest BCUT2D eigenvalue weighted by atomic mass is 32.1. The van der Waals surface area contributed by atoms with Gasteiger partial charge < -0.3 is 29.9 Å². The minimum Gasteiger partial charge on any atom is -0.383 e. The lowest BCUT2D eigenvalue weighted by atomic mass is 9.93. The summed E-state index contributed by atoms with van der Waals surface area (Å²) in [6, 6.07) is 19.5. The Morgan fingerprint density at radius 1 is 0.875 bits per heavy atom. The molecule has 168 valence electrons. The Balaban J connectivity index is 1.82. The van der Waals surface area contributed by atoms with E-state index in [1.807, 2.05) is 70.5 Å². The second kappa shape index (κ2) is 10.1. The van der Waals surface area contributed by atoms with E-state index >= 15 is 0 Å². The second-order valence-corrected chi connectivity index (χ2v) is 8.04. The van der Waals surface area contributed by atoms with Crippen LogP contribution in [0.25, 0.3) is 0 Å². The third-order valence-corrected chi connectivity index (χ3v) is 6.04. The Labute approximate surface area is 194 Å². The molecule has 2 unspecified atom stereocenters. The first-order valence-corrected chi connectivity index (χ1v) is 11.0. The standard InChI is InChI=1S/C24H28N4O3S/c1-30-15-13-27-21(18-11-7-4-8-12-18)26-22-19(23(27)29)20(17-9-5-3-6-10-17)25-24(32)28(22)14-16-31-2/h3-12,20-21,26H,13-16H2,1-2H3,(H,25,32). The number of hydrogen-bond acceptors (Lipinski definition) is 5. The first-order chi connectivity index (χ1) is 15.7. The Kier molecular flexibility index (Phi) is 7.04. The van der Waals surface area contributed by atoms with Gasteiger partial charge in [-0.05, 0) is 23.3 Å². The highest BCUT2D eigenvalue weighted by Crippen LogP contribution is 2.37. The van der Waals surface area contributed by atoms with Gasteiger partial charge in [0.15, 0.2) is 5.11 Å². The quantitative estimate of drug-likeness (QED) is 0.597. The van der Waals surface area contributed by atoms with Crippen molar-refractivity contribution in [3.63, 3.8) is 0 Å². The van der Waals surface area contributed by atoms with Gasteiger partial charge in [0.2, 0.25) is 0 Å². The normalized spacial score (nSPS) is 20.7. The van der Waals surface area contributed by atoms with Crippen LogP contribution in [0.4, 0.5) is 0 Å². The molecule has 0 aromatic heterocycles. The molecule has 2 aromatic rings. The number of hydrogen-bond donors (Lipinski definition) is 2. The maximum atomic E-state index is 14.0. The Morgan fingerprint density at radius 2 is 1.47 bits per heavy atom. The van der Waals surface area contributed by atoms with E-state index in [0.717, 1.165) is 16.9 Å². The summed E-state index contributed by atoms with van der Waals surface area (Å²) in [6.45, 7) is 1.91. The molecule has 0 radical (unpaired) electrons. The number of ether oxygens (including phenoxy) is 2.